The number of nitrogens with one attached hydrogen (secondary N) is 7. The molecular formula is C92H114N10O21. The Balaban J connectivity index is 0.000000282. The van der Waals surface area contributed by atoms with Crippen LogP contribution in [-0.4, -0.2) is 145 Å². The number of nitrogens with zero attached hydrogens (tertiary/aromatic N) is 3. The lowest BCUT2D eigenvalue weighted by Gasteiger charge is -2.28. The van der Waals surface area contributed by atoms with Crippen LogP contribution in [0.25, 0.3) is 0 Å². The lowest BCUT2D eigenvalue weighted by Crippen LogP contribution is -2.39. The van der Waals surface area contributed by atoms with Crippen LogP contribution in [-0.2, 0) is 25.6 Å². The average Bonchev–Trinajstić information content (AvgIpc) is 1.67. The van der Waals surface area contributed by atoms with Crippen molar-refractivity contribution in [3.63, 3.8) is 0 Å². The maximum Gasteiger partial charge on any atom is 0.310 e. The summed E-state index contributed by atoms with van der Waals surface area (Å²) in [4.78, 5) is 132. The fourth-order valence-corrected chi connectivity index (χ4v) is 13.2. The molecule has 0 unspecified atom stereocenters. The van der Waals surface area contributed by atoms with Crippen LogP contribution >= 0.6 is 0 Å². The first-order chi connectivity index (χ1) is 58.3. The number of carboxylic acid groups (broad SMARTS) is 1. The maximum atomic E-state index is 13.8. The van der Waals surface area contributed by atoms with Crippen LogP contribution in [0.1, 0.15) is 222 Å². The Bertz CT molecular complexity index is 4970. The van der Waals surface area contributed by atoms with E-state index in [0.29, 0.717) is 105 Å². The largest absolute Gasteiger partial charge is 0.491 e. The van der Waals surface area contributed by atoms with Gasteiger partial charge in [-0.3, -0.25) is 63.6 Å². The number of nitro benzene ring substituents is 2. The number of ether oxygens (including phenoxy) is 8. The summed E-state index contributed by atoms with van der Waals surface area (Å²) in [6.45, 7) is 29.2. The van der Waals surface area contributed by atoms with Gasteiger partial charge >= 0.3 is 17.3 Å². The summed E-state index contributed by atoms with van der Waals surface area (Å²) in [5.74, 6) is -2.75. The molecule has 3 aliphatic rings. The van der Waals surface area contributed by atoms with Gasteiger partial charge in [-0.1, -0.05) is 67.5 Å². The van der Waals surface area contributed by atoms with E-state index in [1.54, 1.807) is 42.5 Å². The maximum absolute atomic E-state index is 13.8. The second-order valence-electron chi connectivity index (χ2n) is 34.2. The molecule has 7 aromatic carbocycles. The van der Waals surface area contributed by atoms with Crippen LogP contribution < -0.4 is 65.6 Å². The van der Waals surface area contributed by atoms with Crippen LogP contribution in [0.2, 0.25) is 0 Å². The van der Waals surface area contributed by atoms with Gasteiger partial charge in [0, 0.05) is 93.1 Å². The third-order valence-corrected chi connectivity index (χ3v) is 19.6. The van der Waals surface area contributed by atoms with E-state index in [-0.39, 0.29) is 167 Å². The Labute approximate surface area is 716 Å². The van der Waals surface area contributed by atoms with E-state index < -0.39 is 56.6 Å². The first-order valence-corrected chi connectivity index (χ1v) is 41.5. The predicted molar refractivity (Wildman–Crippen MR) is 468 cm³/mol. The third-order valence-electron chi connectivity index (χ3n) is 19.6. The number of nitro groups is 2. The number of carbonyl (C=O) groups excluding carboxylic acids is 7. The van der Waals surface area contributed by atoms with Gasteiger partial charge < -0.3 is 80.2 Å². The zero-order valence-electron chi connectivity index (χ0n) is 72.3. The summed E-state index contributed by atoms with van der Waals surface area (Å²) in [6.07, 6.45) is 6.53. The quantitative estimate of drug-likeness (QED) is 0.0102. The van der Waals surface area contributed by atoms with Crippen molar-refractivity contribution in [3.8, 4) is 34.5 Å². The lowest BCUT2D eigenvalue weighted by molar-refractivity contribution is -0.386. The van der Waals surface area contributed by atoms with Crippen molar-refractivity contribution in [2.75, 3.05) is 79.4 Å². The van der Waals surface area contributed by atoms with Crippen molar-refractivity contribution in [2.24, 2.45) is 40.5 Å². The molecule has 2 saturated carbocycles. The van der Waals surface area contributed by atoms with Gasteiger partial charge in [0.05, 0.1) is 95.9 Å². The molecule has 0 aromatic heterocycles. The molecule has 658 valence electrons. The number of aliphatic imine (C=N–C) groups is 1. The average molecular weight is 1700 g/mol. The predicted octanol–water partition coefficient (Wildman–Crippen LogP) is 17.0. The molecule has 10 rings (SSSR count). The van der Waals surface area contributed by atoms with E-state index in [0.717, 1.165) is 16.8 Å². The molecule has 0 atom stereocenters. The molecule has 0 radical (unpaired) electrons. The van der Waals surface area contributed by atoms with Crippen molar-refractivity contribution in [3.05, 3.63) is 192 Å². The Hall–Kier alpha value is -12.5. The number of hydrogen-bond acceptors (Lipinski definition) is 21. The van der Waals surface area contributed by atoms with Crippen LogP contribution in [0, 0.1) is 55.7 Å². The Kier molecular flexibility index (Phi) is 33.6. The van der Waals surface area contributed by atoms with Crippen molar-refractivity contribution in [1.29, 1.82) is 0 Å². The van der Waals surface area contributed by atoms with Crippen LogP contribution in [0.15, 0.2) is 132 Å². The first kappa shape index (κ1) is 94.3. The number of carbonyl (C=O) groups is 8. The number of anilines is 5. The lowest BCUT2D eigenvalue weighted by atomic mass is 9.85. The molecule has 31 nitrogen and oxygen atoms in total. The Morgan fingerprint density at radius 3 is 1.03 bits per heavy atom. The zero-order valence-corrected chi connectivity index (χ0v) is 72.3. The number of amides is 7. The topological polar surface area (TPSA) is 413 Å². The zero-order chi connectivity index (χ0) is 89.4. The van der Waals surface area contributed by atoms with E-state index in [2.05, 4.69) is 42.2 Å². The van der Waals surface area contributed by atoms with E-state index in [9.17, 15) is 63.7 Å². The van der Waals surface area contributed by atoms with Crippen molar-refractivity contribution in [2.45, 2.75) is 178 Å². The van der Waals surface area contributed by atoms with Gasteiger partial charge in [-0.2, -0.15) is 0 Å². The molecule has 123 heavy (non-hydrogen) atoms. The molecule has 1 aliphatic heterocycles. The number of fused-ring (bicyclic) bond motifs is 1. The van der Waals surface area contributed by atoms with Gasteiger partial charge in [0.2, 0.25) is 5.91 Å². The highest BCUT2D eigenvalue weighted by atomic mass is 16.6. The van der Waals surface area contributed by atoms with Crippen LogP contribution in [0.4, 0.5) is 39.8 Å². The highest BCUT2D eigenvalue weighted by Gasteiger charge is 2.32. The van der Waals surface area contributed by atoms with E-state index in [1.807, 2.05) is 121 Å². The molecule has 31 heteroatoms. The molecule has 1 heterocycles. The van der Waals surface area contributed by atoms with Gasteiger partial charge in [0.15, 0.2) is 11.5 Å². The second kappa shape index (κ2) is 43.8. The number of hydrogen-bond donors (Lipinski definition) is 8. The SMILES string of the molecule is CC(C)COc1cc(C(=O)Nc2ccc(C(=O)NC3CCC(C(=O)Nc4cccc5c4CN=C5)CC3)cc2OCC(C)C)ccc1NC(=O)c1ccc([N+](=O)[O-])c(OCCOC(C)(C)C)c1.CC(C)COc1cc(C(=O)Nc2ccc(C(=O)NC3CCC(C(=O)O)CC3)cc2OCC(C)C)ccc1NC(=O)c1ccc([N+](=O)[O-])c(OCCOC(C)(C)C)c1. The highest BCUT2D eigenvalue weighted by molar-refractivity contribution is 6.10. The molecule has 0 bridgehead atoms. The van der Waals surface area contributed by atoms with E-state index in [4.69, 9.17) is 37.9 Å². The van der Waals surface area contributed by atoms with Crippen molar-refractivity contribution >= 4 is 93.3 Å². The standard InChI is InChI=1S/C50H60N6O10.C42H54N4O11/c1-30(2)28-64-43-23-33(47(58)52-37-16-11-32(12-17-37)46(57)53-39-10-8-9-36-26-51-27-38(36)39)13-18-40(43)54-48(59)34-14-19-41(44(24-34)65-29-31(3)4)55-49(60)35-15-20-42(56(61)62)45(25-35)63-21-22-66-50(5,6)7;1-25(2)23-55-35-20-28(38(47)43-31-13-8-27(9-14-31)41(50)51)10-15-32(35)44-39(48)29-11-16-33(36(21-29)56-24-26(3)4)45-40(49)30-12-17-34(46(52)53)37(22-30)54-18-19-57-42(5,6)7/h8-10,13-15,18-20,23-26,30-32,37H,11-12,16-17,21-22,27-29H2,1-7H3,(H,52,58)(H,53,57)(H,54,59)(H,55,60);10-12,15-17,20-22,25-27,31H,8-9,13-14,18-19,23-24H2,1-7H3,(H,43,47)(H,44,48)(H,45,49)(H,50,51). The van der Waals surface area contributed by atoms with Gasteiger partial charge in [-0.05, 0) is 213 Å². The Morgan fingerprint density at radius 1 is 0.398 bits per heavy atom. The number of carboxylic acids is 1. The summed E-state index contributed by atoms with van der Waals surface area (Å²) in [6, 6.07) is 31.9. The van der Waals surface area contributed by atoms with Gasteiger partial charge in [-0.15, -0.1) is 0 Å². The Morgan fingerprint density at radius 2 is 0.715 bits per heavy atom. The summed E-state index contributed by atoms with van der Waals surface area (Å²) in [5, 5.41) is 53.3. The number of aliphatic carboxylic acids is 1. The molecular weight excluding hydrogens is 1580 g/mol. The molecule has 0 spiro atoms. The molecule has 7 amide bonds. The minimum absolute atomic E-state index is 0.0229. The smallest absolute Gasteiger partial charge is 0.310 e. The van der Waals surface area contributed by atoms with Crippen molar-refractivity contribution in [1.82, 2.24) is 10.6 Å². The fourth-order valence-electron chi connectivity index (χ4n) is 13.2. The monoisotopic (exact) mass is 1690 g/mol. The summed E-state index contributed by atoms with van der Waals surface area (Å²) in [5.41, 5.74) is 3.94. The number of benzene rings is 7. The normalized spacial score (nSPS) is 15.5. The number of rotatable bonds is 37. The minimum atomic E-state index is -0.815. The second-order valence-corrected chi connectivity index (χ2v) is 34.2. The molecule has 0 saturated heterocycles. The van der Waals surface area contributed by atoms with Crippen LogP contribution in [0.3, 0.4) is 0 Å². The first-order valence-electron chi connectivity index (χ1n) is 41.5. The summed E-state index contributed by atoms with van der Waals surface area (Å²) < 4.78 is 46.9. The molecule has 7 aromatic rings. The molecule has 8 N–H and O–H groups in total. The third kappa shape index (κ3) is 28.8. The van der Waals surface area contributed by atoms with Gasteiger partial charge in [0.25, 0.3) is 35.4 Å². The van der Waals surface area contributed by atoms with Gasteiger partial charge in [-0.25, -0.2) is 0 Å². The van der Waals surface area contributed by atoms with Gasteiger partial charge in [0.1, 0.15) is 36.2 Å². The summed E-state index contributed by atoms with van der Waals surface area (Å²) in [7, 11) is 0. The fraction of sp³-hybridized carbons (Fsp3) is 0.446. The van der Waals surface area contributed by atoms with Crippen LogP contribution in [0.5, 0.6) is 34.5 Å². The molecule has 2 fully saturated rings. The molecule has 2 aliphatic carbocycles. The highest BCUT2D eigenvalue weighted by Crippen LogP contribution is 2.38. The summed E-state index contributed by atoms with van der Waals surface area (Å²) >= 11 is 0. The van der Waals surface area contributed by atoms with E-state index in [1.165, 1.54) is 66.7 Å². The minimum Gasteiger partial charge on any atom is -0.491 e. The van der Waals surface area contributed by atoms with Crippen molar-refractivity contribution < 1.29 is 91.2 Å². The van der Waals surface area contributed by atoms with E-state index >= 15 is 0 Å².